The van der Waals surface area contributed by atoms with Crippen LogP contribution in [0.3, 0.4) is 0 Å². The van der Waals surface area contributed by atoms with E-state index in [1.165, 1.54) is 0 Å². The Morgan fingerprint density at radius 2 is 1.96 bits per heavy atom. The maximum Gasteiger partial charge on any atom is 0.270 e. The number of H-pyrrole nitrogens is 1. The average Bonchev–Trinajstić information content (AvgIpc) is 2.83. The molecular formula is C18H28N2O3. The van der Waals surface area contributed by atoms with Crippen LogP contribution in [-0.2, 0) is 6.42 Å². The highest BCUT2D eigenvalue weighted by atomic mass is 16.3. The fourth-order valence-corrected chi connectivity index (χ4v) is 3.58. The zero-order chi connectivity index (χ0) is 17.1. The lowest BCUT2D eigenvalue weighted by Crippen LogP contribution is -2.41. The summed E-state index contributed by atoms with van der Waals surface area (Å²) in [7, 11) is 0. The normalized spacial score (nSPS) is 17.3. The Morgan fingerprint density at radius 3 is 2.43 bits per heavy atom. The maximum absolute atomic E-state index is 12.9. The largest absolute Gasteiger partial charge is 0.393 e. The predicted octanol–water partition coefficient (Wildman–Crippen LogP) is 2.71. The van der Waals surface area contributed by atoms with Gasteiger partial charge in [-0.15, -0.1) is 0 Å². The monoisotopic (exact) mass is 320 g/mol. The van der Waals surface area contributed by atoms with Crippen molar-refractivity contribution in [2.75, 3.05) is 13.1 Å². The van der Waals surface area contributed by atoms with Gasteiger partial charge >= 0.3 is 0 Å². The van der Waals surface area contributed by atoms with Crippen LogP contribution in [0.15, 0.2) is 0 Å². The van der Waals surface area contributed by atoms with Crippen LogP contribution in [0.1, 0.15) is 72.1 Å². The molecule has 0 aliphatic carbocycles. The van der Waals surface area contributed by atoms with Gasteiger partial charge < -0.3 is 15.0 Å². The number of ketones is 1. The molecule has 0 bridgehead atoms. The van der Waals surface area contributed by atoms with Crippen molar-refractivity contribution in [1.82, 2.24) is 9.88 Å². The summed E-state index contributed by atoms with van der Waals surface area (Å²) in [5.74, 6) is 0.259. The lowest BCUT2D eigenvalue weighted by atomic mass is 9.92. The molecule has 0 aromatic carbocycles. The van der Waals surface area contributed by atoms with Gasteiger partial charge in [0.25, 0.3) is 5.91 Å². The topological polar surface area (TPSA) is 73.4 Å². The number of hydrogen-bond acceptors (Lipinski definition) is 3. The summed E-state index contributed by atoms with van der Waals surface area (Å²) < 4.78 is 0. The number of carbonyl (C=O) groups excluding carboxylic acids is 2. The SMILES string of the molecule is CCCc1c(C(=O)N2CCC(C(C)O)CC2)[nH]c(C)c1C(C)=O. The second kappa shape index (κ2) is 7.30. The zero-order valence-corrected chi connectivity index (χ0v) is 14.6. The molecular weight excluding hydrogens is 292 g/mol. The molecule has 2 heterocycles. The van der Waals surface area contributed by atoms with Gasteiger partial charge in [-0.05, 0) is 51.5 Å². The minimum atomic E-state index is -0.319. The maximum atomic E-state index is 12.9. The van der Waals surface area contributed by atoms with Crippen molar-refractivity contribution >= 4 is 11.7 Å². The first kappa shape index (κ1) is 17.7. The standard InChI is InChI=1S/C18H28N2O3/c1-5-6-15-16(13(4)22)11(2)19-17(15)18(23)20-9-7-14(8-10-20)12(3)21/h12,14,19,21H,5-10H2,1-4H3. The number of aliphatic hydroxyl groups excluding tert-OH is 1. The van der Waals surface area contributed by atoms with Crippen LogP contribution in [0, 0.1) is 12.8 Å². The Morgan fingerprint density at radius 1 is 1.35 bits per heavy atom. The number of hydrogen-bond donors (Lipinski definition) is 2. The molecule has 0 spiro atoms. The van der Waals surface area contributed by atoms with Gasteiger partial charge in [-0.1, -0.05) is 13.3 Å². The van der Waals surface area contributed by atoms with Crippen molar-refractivity contribution in [3.63, 3.8) is 0 Å². The lowest BCUT2D eigenvalue weighted by Gasteiger charge is -2.33. The predicted molar refractivity (Wildman–Crippen MR) is 89.8 cm³/mol. The number of piperidine rings is 1. The van der Waals surface area contributed by atoms with E-state index in [4.69, 9.17) is 0 Å². The zero-order valence-electron chi connectivity index (χ0n) is 14.6. The molecule has 1 aliphatic heterocycles. The number of aliphatic hydroxyl groups is 1. The number of carbonyl (C=O) groups is 2. The molecule has 5 nitrogen and oxygen atoms in total. The second-order valence-electron chi connectivity index (χ2n) is 6.65. The lowest BCUT2D eigenvalue weighted by molar-refractivity contribution is 0.0516. The third-order valence-electron chi connectivity index (χ3n) is 4.87. The van der Waals surface area contributed by atoms with Crippen LogP contribution in [0.25, 0.3) is 0 Å². The van der Waals surface area contributed by atoms with Gasteiger partial charge in [0.15, 0.2) is 5.78 Å². The average molecular weight is 320 g/mol. The highest BCUT2D eigenvalue weighted by Crippen LogP contribution is 2.26. The number of amides is 1. The van der Waals surface area contributed by atoms with Crippen LogP contribution in [0.2, 0.25) is 0 Å². The quantitative estimate of drug-likeness (QED) is 0.819. The summed E-state index contributed by atoms with van der Waals surface area (Å²) in [4.78, 5) is 29.8. The molecule has 2 rings (SSSR count). The smallest absolute Gasteiger partial charge is 0.270 e. The number of Topliss-reactive ketones (excluding diaryl/α,β-unsaturated/α-hetero) is 1. The molecule has 128 valence electrons. The van der Waals surface area contributed by atoms with E-state index in [0.717, 1.165) is 36.9 Å². The van der Waals surface area contributed by atoms with E-state index in [-0.39, 0.29) is 23.7 Å². The molecule has 1 aromatic rings. The number of likely N-dealkylation sites (tertiary alicyclic amines) is 1. The summed E-state index contributed by atoms with van der Waals surface area (Å²) >= 11 is 0. The molecule has 1 aliphatic rings. The first-order valence-corrected chi connectivity index (χ1v) is 8.56. The summed E-state index contributed by atoms with van der Waals surface area (Å²) in [6.07, 6.45) is 2.95. The molecule has 1 atom stereocenters. The molecule has 1 saturated heterocycles. The number of aromatic nitrogens is 1. The van der Waals surface area contributed by atoms with Gasteiger partial charge in [0, 0.05) is 24.3 Å². The number of rotatable bonds is 5. The number of nitrogens with zero attached hydrogens (tertiary/aromatic N) is 1. The van der Waals surface area contributed by atoms with E-state index >= 15 is 0 Å². The summed E-state index contributed by atoms with van der Waals surface area (Å²) in [6, 6.07) is 0. The minimum Gasteiger partial charge on any atom is -0.393 e. The van der Waals surface area contributed by atoms with Crippen molar-refractivity contribution in [1.29, 1.82) is 0 Å². The Kier molecular flexibility index (Phi) is 5.63. The first-order chi connectivity index (χ1) is 10.9. The van der Waals surface area contributed by atoms with Crippen molar-refractivity contribution in [2.24, 2.45) is 5.92 Å². The minimum absolute atomic E-state index is 0.00839. The Balaban J connectivity index is 2.23. The van der Waals surface area contributed by atoms with Gasteiger partial charge in [-0.2, -0.15) is 0 Å². The highest BCUT2D eigenvalue weighted by Gasteiger charge is 2.29. The van der Waals surface area contributed by atoms with Crippen LogP contribution in [-0.4, -0.2) is 45.9 Å². The van der Waals surface area contributed by atoms with Crippen molar-refractivity contribution in [3.05, 3.63) is 22.5 Å². The van der Waals surface area contributed by atoms with Crippen molar-refractivity contribution < 1.29 is 14.7 Å². The van der Waals surface area contributed by atoms with Gasteiger partial charge in [-0.25, -0.2) is 0 Å². The van der Waals surface area contributed by atoms with Gasteiger partial charge in [0.1, 0.15) is 5.69 Å². The molecule has 1 unspecified atom stereocenters. The second-order valence-corrected chi connectivity index (χ2v) is 6.65. The van der Waals surface area contributed by atoms with E-state index in [0.29, 0.717) is 24.3 Å². The Bertz CT molecular complexity index is 581. The number of aromatic amines is 1. The fourth-order valence-electron chi connectivity index (χ4n) is 3.58. The van der Waals surface area contributed by atoms with E-state index in [9.17, 15) is 14.7 Å². The van der Waals surface area contributed by atoms with Crippen molar-refractivity contribution in [2.45, 2.75) is 59.5 Å². The third-order valence-corrected chi connectivity index (χ3v) is 4.87. The molecule has 0 radical (unpaired) electrons. The Hall–Kier alpha value is -1.62. The van der Waals surface area contributed by atoms with Crippen LogP contribution in [0.4, 0.5) is 0 Å². The van der Waals surface area contributed by atoms with E-state index in [2.05, 4.69) is 11.9 Å². The molecule has 0 saturated carbocycles. The molecule has 1 aromatic heterocycles. The van der Waals surface area contributed by atoms with Gasteiger partial charge in [0.05, 0.1) is 6.10 Å². The Labute approximate surface area is 138 Å². The molecule has 1 amide bonds. The fraction of sp³-hybridized carbons (Fsp3) is 0.667. The summed E-state index contributed by atoms with van der Waals surface area (Å²) in [5, 5.41) is 9.69. The molecule has 5 heteroatoms. The van der Waals surface area contributed by atoms with Crippen LogP contribution < -0.4 is 0 Å². The third kappa shape index (κ3) is 3.66. The first-order valence-electron chi connectivity index (χ1n) is 8.56. The van der Waals surface area contributed by atoms with Crippen LogP contribution in [0.5, 0.6) is 0 Å². The molecule has 23 heavy (non-hydrogen) atoms. The van der Waals surface area contributed by atoms with Crippen LogP contribution >= 0.6 is 0 Å². The van der Waals surface area contributed by atoms with Gasteiger partial charge in [-0.3, -0.25) is 9.59 Å². The molecule has 2 N–H and O–H groups in total. The van der Waals surface area contributed by atoms with Crippen molar-refractivity contribution in [3.8, 4) is 0 Å². The number of aryl methyl sites for hydroxylation is 1. The van der Waals surface area contributed by atoms with E-state index in [1.807, 2.05) is 18.7 Å². The van der Waals surface area contributed by atoms with Gasteiger partial charge in [0.2, 0.25) is 0 Å². The van der Waals surface area contributed by atoms with E-state index < -0.39 is 0 Å². The number of nitrogens with one attached hydrogen (secondary N) is 1. The summed E-state index contributed by atoms with van der Waals surface area (Å²) in [6.45, 7) is 8.59. The summed E-state index contributed by atoms with van der Waals surface area (Å²) in [5.41, 5.74) is 2.89. The van der Waals surface area contributed by atoms with E-state index in [1.54, 1.807) is 6.92 Å². The highest BCUT2D eigenvalue weighted by molar-refractivity contribution is 6.02. The molecule has 1 fully saturated rings.